The van der Waals surface area contributed by atoms with Crippen LogP contribution in [-0.4, -0.2) is 27.6 Å². The second-order valence-corrected chi connectivity index (χ2v) is 8.73. The summed E-state index contributed by atoms with van der Waals surface area (Å²) in [6, 6.07) is 1.47. The molecule has 0 radical (unpaired) electrons. The van der Waals surface area contributed by atoms with Gasteiger partial charge in [-0.25, -0.2) is 0 Å². The van der Waals surface area contributed by atoms with Gasteiger partial charge in [-0.05, 0) is 55.6 Å². The Balaban J connectivity index is 3.25. The van der Waals surface area contributed by atoms with E-state index in [9.17, 15) is 14.4 Å². The number of aromatic nitrogens is 1. The van der Waals surface area contributed by atoms with Crippen LogP contribution in [0.4, 0.5) is 0 Å². The van der Waals surface area contributed by atoms with E-state index in [1.165, 1.54) is 0 Å². The molecule has 0 aromatic carbocycles. The molecule has 6 heteroatoms. The fraction of sp³-hybridized carbons (Fsp3) is 0.708. The van der Waals surface area contributed by atoms with E-state index in [0.29, 0.717) is 31.2 Å². The molecule has 0 spiro atoms. The van der Waals surface area contributed by atoms with Gasteiger partial charge in [0.15, 0.2) is 0 Å². The molecule has 0 fully saturated rings. The van der Waals surface area contributed by atoms with Crippen LogP contribution in [0.15, 0.2) is 10.9 Å². The minimum Gasteiger partial charge on any atom is -0.481 e. The van der Waals surface area contributed by atoms with Gasteiger partial charge >= 0.3 is 5.97 Å². The maximum Gasteiger partial charge on any atom is 0.303 e. The highest BCUT2D eigenvalue weighted by atomic mass is 16.4. The molecular formula is C24H40N2O4. The number of hydrogen-bond acceptors (Lipinski definition) is 3. The first-order valence-electron chi connectivity index (χ1n) is 11.4. The third kappa shape index (κ3) is 7.62. The predicted molar refractivity (Wildman–Crippen MR) is 121 cm³/mol. The lowest BCUT2D eigenvalue weighted by molar-refractivity contribution is -0.137. The Hall–Kier alpha value is -2.11. The van der Waals surface area contributed by atoms with Crippen molar-refractivity contribution in [3.63, 3.8) is 0 Å². The molecule has 0 aliphatic heterocycles. The summed E-state index contributed by atoms with van der Waals surface area (Å²) < 4.78 is 1.79. The summed E-state index contributed by atoms with van der Waals surface area (Å²) in [4.78, 5) is 37.3. The number of rotatable bonds is 13. The van der Waals surface area contributed by atoms with Gasteiger partial charge in [-0.2, -0.15) is 0 Å². The van der Waals surface area contributed by atoms with Crippen molar-refractivity contribution in [3.05, 3.63) is 33.2 Å². The second kappa shape index (κ2) is 12.6. The van der Waals surface area contributed by atoms with Gasteiger partial charge in [0.25, 0.3) is 11.5 Å². The number of carbonyl (C=O) groups excluding carboxylic acids is 1. The fourth-order valence-electron chi connectivity index (χ4n) is 3.82. The zero-order valence-electron chi connectivity index (χ0n) is 19.6. The van der Waals surface area contributed by atoms with Crippen molar-refractivity contribution < 1.29 is 14.7 Å². The molecule has 30 heavy (non-hydrogen) atoms. The number of hydrogen-bond donors (Lipinski definition) is 2. The Bertz CT molecular complexity index is 767. The molecule has 1 amide bonds. The molecule has 2 atom stereocenters. The van der Waals surface area contributed by atoms with E-state index in [2.05, 4.69) is 19.2 Å². The van der Waals surface area contributed by atoms with E-state index in [0.717, 1.165) is 36.9 Å². The molecule has 0 saturated heterocycles. The Labute approximate surface area is 181 Å². The van der Waals surface area contributed by atoms with Crippen LogP contribution < -0.4 is 10.9 Å². The molecule has 1 aromatic heterocycles. The van der Waals surface area contributed by atoms with E-state index in [1.807, 2.05) is 27.7 Å². The fourth-order valence-corrected chi connectivity index (χ4v) is 3.82. The molecule has 0 saturated carbocycles. The zero-order valence-corrected chi connectivity index (χ0v) is 19.6. The summed E-state index contributed by atoms with van der Waals surface area (Å²) in [5.74, 6) is -0.461. The first kappa shape index (κ1) is 25.9. The van der Waals surface area contributed by atoms with Gasteiger partial charge in [0, 0.05) is 24.7 Å². The molecule has 6 nitrogen and oxygen atoms in total. The Morgan fingerprint density at radius 1 is 1.10 bits per heavy atom. The first-order valence-corrected chi connectivity index (χ1v) is 11.4. The van der Waals surface area contributed by atoms with Crippen molar-refractivity contribution >= 4 is 11.9 Å². The molecule has 2 N–H and O–H groups in total. The third-order valence-corrected chi connectivity index (χ3v) is 5.79. The van der Waals surface area contributed by atoms with Gasteiger partial charge in [0.1, 0.15) is 5.56 Å². The quantitative estimate of drug-likeness (QED) is 0.494. The van der Waals surface area contributed by atoms with Crippen molar-refractivity contribution in [2.75, 3.05) is 0 Å². The number of carbonyl (C=O) groups is 2. The van der Waals surface area contributed by atoms with Gasteiger partial charge in [-0.1, -0.05) is 48.0 Å². The van der Waals surface area contributed by atoms with Crippen LogP contribution >= 0.6 is 0 Å². The lowest BCUT2D eigenvalue weighted by atomic mass is 9.98. The predicted octanol–water partition coefficient (Wildman–Crippen LogP) is 4.42. The lowest BCUT2D eigenvalue weighted by Crippen LogP contribution is -2.41. The number of nitrogens with one attached hydrogen (secondary N) is 1. The number of carboxylic acid groups (broad SMARTS) is 1. The highest BCUT2D eigenvalue weighted by Gasteiger charge is 2.22. The van der Waals surface area contributed by atoms with Gasteiger partial charge in [-0.3, -0.25) is 14.4 Å². The number of aryl methyl sites for hydroxylation is 1. The molecule has 1 rings (SSSR count). The molecule has 2 unspecified atom stereocenters. The van der Waals surface area contributed by atoms with Crippen LogP contribution in [0, 0.1) is 11.8 Å². The summed E-state index contributed by atoms with van der Waals surface area (Å²) in [5, 5.41) is 11.9. The van der Waals surface area contributed by atoms with E-state index < -0.39 is 11.9 Å². The Morgan fingerprint density at radius 3 is 2.27 bits per heavy atom. The van der Waals surface area contributed by atoms with E-state index in [-0.39, 0.29) is 23.6 Å². The van der Waals surface area contributed by atoms with Crippen molar-refractivity contribution in [2.45, 2.75) is 99.1 Å². The standard InChI is InChI=1S/C24H40N2O4/c1-7-17(6)12-13-26-21(9-3)18(8-2)15-20(24(26)30)23(29)25-19(14-16(4)5)10-11-22(27)28/h15-17,19H,7-14H2,1-6H3,(H,25,29)(H,27,28). The van der Waals surface area contributed by atoms with Crippen molar-refractivity contribution in [1.29, 1.82) is 0 Å². The SMILES string of the molecule is CCc1cc(C(=O)NC(CCC(=O)O)CC(C)C)c(=O)n(CCC(C)CC)c1CC. The zero-order chi connectivity index (χ0) is 22.8. The van der Waals surface area contributed by atoms with Crippen LogP contribution in [0.2, 0.25) is 0 Å². The van der Waals surface area contributed by atoms with Gasteiger partial charge in [-0.15, -0.1) is 0 Å². The monoisotopic (exact) mass is 420 g/mol. The number of pyridine rings is 1. The van der Waals surface area contributed by atoms with Gasteiger partial charge < -0.3 is 15.0 Å². The number of carboxylic acids is 1. The first-order chi connectivity index (χ1) is 14.1. The molecule has 0 aliphatic carbocycles. The minimum atomic E-state index is -0.883. The summed E-state index contributed by atoms with van der Waals surface area (Å²) >= 11 is 0. The summed E-state index contributed by atoms with van der Waals surface area (Å²) in [7, 11) is 0. The average molecular weight is 421 g/mol. The van der Waals surface area contributed by atoms with Crippen LogP contribution in [0.25, 0.3) is 0 Å². The topological polar surface area (TPSA) is 88.4 Å². The van der Waals surface area contributed by atoms with E-state index in [1.54, 1.807) is 10.6 Å². The summed E-state index contributed by atoms with van der Waals surface area (Å²) in [6.45, 7) is 13.1. The Kier molecular flexibility index (Phi) is 10.8. The molecule has 170 valence electrons. The highest BCUT2D eigenvalue weighted by Crippen LogP contribution is 2.16. The molecule has 1 heterocycles. The second-order valence-electron chi connectivity index (χ2n) is 8.73. The maximum absolute atomic E-state index is 13.2. The minimum absolute atomic E-state index is 0.00815. The number of amides is 1. The maximum atomic E-state index is 13.2. The van der Waals surface area contributed by atoms with E-state index >= 15 is 0 Å². The van der Waals surface area contributed by atoms with Gasteiger partial charge in [0.05, 0.1) is 0 Å². The molecule has 1 aromatic rings. The number of nitrogens with zero attached hydrogens (tertiary/aromatic N) is 1. The van der Waals surface area contributed by atoms with Gasteiger partial charge in [0.2, 0.25) is 0 Å². The van der Waals surface area contributed by atoms with Crippen LogP contribution in [0.1, 0.15) is 95.3 Å². The van der Waals surface area contributed by atoms with E-state index in [4.69, 9.17) is 5.11 Å². The van der Waals surface area contributed by atoms with Crippen LogP contribution in [-0.2, 0) is 24.2 Å². The normalized spacial score (nSPS) is 13.3. The summed E-state index contributed by atoms with van der Waals surface area (Å²) in [6.07, 6.45) is 4.47. The molecule has 0 bridgehead atoms. The van der Waals surface area contributed by atoms with Crippen molar-refractivity contribution in [2.24, 2.45) is 11.8 Å². The van der Waals surface area contributed by atoms with Crippen molar-refractivity contribution in [3.8, 4) is 0 Å². The highest BCUT2D eigenvalue weighted by molar-refractivity contribution is 5.94. The summed E-state index contributed by atoms with van der Waals surface area (Å²) in [5.41, 5.74) is 1.95. The van der Waals surface area contributed by atoms with Crippen LogP contribution in [0.5, 0.6) is 0 Å². The average Bonchev–Trinajstić information content (AvgIpc) is 2.69. The molecule has 0 aliphatic rings. The Morgan fingerprint density at radius 2 is 1.77 bits per heavy atom. The van der Waals surface area contributed by atoms with Crippen molar-refractivity contribution in [1.82, 2.24) is 9.88 Å². The molecular weight excluding hydrogens is 380 g/mol. The smallest absolute Gasteiger partial charge is 0.303 e. The largest absolute Gasteiger partial charge is 0.481 e. The number of aliphatic carboxylic acids is 1. The van der Waals surface area contributed by atoms with Crippen LogP contribution in [0.3, 0.4) is 0 Å². The lowest BCUT2D eigenvalue weighted by Gasteiger charge is -2.22. The third-order valence-electron chi connectivity index (χ3n) is 5.79.